The number of fused-ring (bicyclic) bond motifs is 2. The van der Waals surface area contributed by atoms with Gasteiger partial charge in [0.1, 0.15) is 5.82 Å². The molecule has 5 rings (SSSR count). The van der Waals surface area contributed by atoms with Gasteiger partial charge in [-0.1, -0.05) is 12.1 Å². The van der Waals surface area contributed by atoms with Crippen LogP contribution in [-0.4, -0.2) is 62.8 Å². The lowest BCUT2D eigenvalue weighted by atomic mass is 9.99. The molecule has 3 aromatic rings. The topological polar surface area (TPSA) is 65.0 Å². The fourth-order valence-corrected chi connectivity index (χ4v) is 4.73. The quantitative estimate of drug-likeness (QED) is 0.672. The lowest BCUT2D eigenvalue weighted by molar-refractivity contribution is 0.168. The van der Waals surface area contributed by atoms with E-state index in [1.807, 2.05) is 18.2 Å². The Hall–Kier alpha value is -2.22. The number of piperidine rings is 1. The molecular formula is C22H31N7. The maximum Gasteiger partial charge on any atom is 0.121 e. The zero-order valence-corrected chi connectivity index (χ0v) is 17.3. The minimum atomic E-state index is 0.789. The first-order valence-electron chi connectivity index (χ1n) is 10.8. The summed E-state index contributed by atoms with van der Waals surface area (Å²) in [5.41, 5.74) is 4.63. The number of aromatic nitrogens is 4. The van der Waals surface area contributed by atoms with Crippen molar-refractivity contribution in [3.05, 3.63) is 47.5 Å². The van der Waals surface area contributed by atoms with E-state index < -0.39 is 0 Å². The van der Waals surface area contributed by atoms with Crippen LogP contribution in [0.5, 0.6) is 0 Å². The molecule has 0 unspecified atom stereocenters. The molecule has 0 spiro atoms. The fourth-order valence-electron chi connectivity index (χ4n) is 4.73. The van der Waals surface area contributed by atoms with Gasteiger partial charge in [0.2, 0.25) is 0 Å². The summed E-state index contributed by atoms with van der Waals surface area (Å²) in [6, 6.07) is 10.5. The predicted molar refractivity (Wildman–Crippen MR) is 114 cm³/mol. The highest BCUT2D eigenvalue weighted by atomic mass is 15.3. The van der Waals surface area contributed by atoms with E-state index in [4.69, 9.17) is 10.1 Å². The summed E-state index contributed by atoms with van der Waals surface area (Å²) in [6.07, 6.45) is 2.68. The second-order valence-electron chi connectivity index (χ2n) is 8.67. The first-order valence-corrected chi connectivity index (χ1v) is 10.8. The lowest BCUT2D eigenvalue weighted by Gasteiger charge is -2.32. The maximum absolute atomic E-state index is 4.86. The average molecular weight is 394 g/mol. The summed E-state index contributed by atoms with van der Waals surface area (Å²) < 4.78 is 2.21. The van der Waals surface area contributed by atoms with Crippen molar-refractivity contribution < 1.29 is 0 Å². The smallest absolute Gasteiger partial charge is 0.121 e. The second kappa shape index (κ2) is 8.26. The van der Waals surface area contributed by atoms with Gasteiger partial charge >= 0.3 is 0 Å². The minimum absolute atomic E-state index is 0.789. The van der Waals surface area contributed by atoms with E-state index >= 15 is 0 Å². The van der Waals surface area contributed by atoms with Gasteiger partial charge in [-0.05, 0) is 57.1 Å². The number of hydrogen-bond acceptors (Lipinski definition) is 5. The Morgan fingerprint density at radius 3 is 3.00 bits per heavy atom. The Labute approximate surface area is 172 Å². The van der Waals surface area contributed by atoms with Crippen molar-refractivity contribution >= 4 is 11.0 Å². The van der Waals surface area contributed by atoms with Crippen LogP contribution in [0.25, 0.3) is 11.0 Å². The third kappa shape index (κ3) is 4.37. The number of nitrogens with one attached hydrogen (secondary N) is 2. The van der Waals surface area contributed by atoms with Crippen LogP contribution in [-0.2, 0) is 26.2 Å². The van der Waals surface area contributed by atoms with E-state index in [1.54, 1.807) is 0 Å². The summed E-state index contributed by atoms with van der Waals surface area (Å²) in [7, 11) is 2.13. The van der Waals surface area contributed by atoms with Crippen LogP contribution >= 0.6 is 0 Å². The van der Waals surface area contributed by atoms with Crippen LogP contribution in [0.1, 0.15) is 30.1 Å². The highest BCUT2D eigenvalue weighted by Gasteiger charge is 2.22. The fraction of sp³-hybridized carbons (Fsp3) is 0.545. The van der Waals surface area contributed by atoms with Gasteiger partial charge in [-0.25, -0.2) is 4.98 Å². The van der Waals surface area contributed by atoms with Gasteiger partial charge < -0.3 is 10.3 Å². The molecule has 154 valence electrons. The predicted octanol–water partition coefficient (Wildman–Crippen LogP) is 2.21. The largest absolute Gasteiger partial charge is 0.341 e. The molecule has 2 aromatic heterocycles. The van der Waals surface area contributed by atoms with Gasteiger partial charge in [0.25, 0.3) is 0 Å². The highest BCUT2D eigenvalue weighted by molar-refractivity contribution is 5.74. The molecule has 0 saturated carbocycles. The maximum atomic E-state index is 4.86. The van der Waals surface area contributed by atoms with Crippen molar-refractivity contribution in [1.29, 1.82) is 0 Å². The Balaban J connectivity index is 1.18. The van der Waals surface area contributed by atoms with Gasteiger partial charge in [0, 0.05) is 26.2 Å². The number of aromatic amines is 1. The van der Waals surface area contributed by atoms with Crippen molar-refractivity contribution in [2.24, 2.45) is 5.92 Å². The number of H-pyrrole nitrogens is 1. The van der Waals surface area contributed by atoms with E-state index in [2.05, 4.69) is 44.0 Å². The van der Waals surface area contributed by atoms with E-state index in [0.717, 1.165) is 61.2 Å². The van der Waals surface area contributed by atoms with Gasteiger partial charge in [0.15, 0.2) is 0 Å². The molecular weight excluding hydrogens is 362 g/mol. The molecule has 29 heavy (non-hydrogen) atoms. The molecule has 1 atom stereocenters. The third-order valence-corrected chi connectivity index (χ3v) is 6.13. The van der Waals surface area contributed by atoms with Gasteiger partial charge in [-0.3, -0.25) is 14.5 Å². The summed E-state index contributed by atoms with van der Waals surface area (Å²) in [4.78, 5) is 13.0. The summed E-state index contributed by atoms with van der Waals surface area (Å²) >= 11 is 0. The molecule has 1 aromatic carbocycles. The Bertz CT molecular complexity index is 920. The number of benzene rings is 1. The van der Waals surface area contributed by atoms with Crippen molar-refractivity contribution in [3.8, 4) is 0 Å². The van der Waals surface area contributed by atoms with Crippen LogP contribution in [0.15, 0.2) is 30.3 Å². The zero-order chi connectivity index (χ0) is 19.6. The number of imidazole rings is 1. The van der Waals surface area contributed by atoms with Crippen molar-refractivity contribution in [3.63, 3.8) is 0 Å². The van der Waals surface area contributed by atoms with Crippen molar-refractivity contribution in [1.82, 2.24) is 34.9 Å². The molecule has 2 N–H and O–H groups in total. The molecule has 7 heteroatoms. The highest BCUT2D eigenvalue weighted by Crippen LogP contribution is 2.19. The number of rotatable bonds is 6. The van der Waals surface area contributed by atoms with Gasteiger partial charge in [-0.15, -0.1) is 0 Å². The number of para-hydroxylation sites is 2. The van der Waals surface area contributed by atoms with E-state index in [1.165, 1.54) is 38.2 Å². The second-order valence-corrected chi connectivity index (χ2v) is 8.67. The van der Waals surface area contributed by atoms with Crippen LogP contribution in [0.2, 0.25) is 0 Å². The van der Waals surface area contributed by atoms with Crippen molar-refractivity contribution in [2.75, 3.05) is 33.2 Å². The van der Waals surface area contributed by atoms with Crippen LogP contribution in [0.3, 0.4) is 0 Å². The van der Waals surface area contributed by atoms with E-state index in [0.29, 0.717) is 0 Å². The molecule has 4 heterocycles. The summed E-state index contributed by atoms with van der Waals surface area (Å²) in [6.45, 7) is 8.33. The Kier molecular flexibility index (Phi) is 5.35. The van der Waals surface area contributed by atoms with E-state index in [-0.39, 0.29) is 0 Å². The first kappa shape index (κ1) is 18.8. The standard InChI is InChI=1S/C22H31N7/c1-27(16-22-24-20-6-2-3-7-21(20)25-22)14-18-11-19-15-28(9-10-29(19)26-18)13-17-5-4-8-23-12-17/h2-3,6-7,11,17,23H,4-5,8-10,12-16H2,1H3,(H,24,25)/t17-/m1/s1. The Morgan fingerprint density at radius 1 is 1.21 bits per heavy atom. The monoisotopic (exact) mass is 393 g/mol. The van der Waals surface area contributed by atoms with E-state index in [9.17, 15) is 0 Å². The molecule has 2 aliphatic heterocycles. The Morgan fingerprint density at radius 2 is 2.14 bits per heavy atom. The lowest BCUT2D eigenvalue weighted by Crippen LogP contribution is -2.41. The summed E-state index contributed by atoms with van der Waals surface area (Å²) in [5, 5.41) is 8.40. The minimum Gasteiger partial charge on any atom is -0.341 e. The average Bonchev–Trinajstić information content (AvgIpc) is 3.30. The van der Waals surface area contributed by atoms with Crippen LogP contribution in [0, 0.1) is 5.92 Å². The molecule has 0 bridgehead atoms. The zero-order valence-electron chi connectivity index (χ0n) is 17.3. The molecule has 1 fully saturated rings. The van der Waals surface area contributed by atoms with Gasteiger partial charge in [-0.2, -0.15) is 5.10 Å². The molecule has 0 radical (unpaired) electrons. The molecule has 0 amide bonds. The molecule has 7 nitrogen and oxygen atoms in total. The van der Waals surface area contributed by atoms with Crippen LogP contribution < -0.4 is 5.32 Å². The normalized spacial score (nSPS) is 20.4. The first-order chi connectivity index (χ1) is 14.2. The van der Waals surface area contributed by atoms with Crippen LogP contribution in [0.4, 0.5) is 0 Å². The number of hydrogen-bond donors (Lipinski definition) is 2. The van der Waals surface area contributed by atoms with Crippen molar-refractivity contribution in [2.45, 2.75) is 39.0 Å². The molecule has 2 aliphatic rings. The van der Waals surface area contributed by atoms with Gasteiger partial charge in [0.05, 0.1) is 35.5 Å². The number of nitrogens with zero attached hydrogens (tertiary/aromatic N) is 5. The summed E-state index contributed by atoms with van der Waals surface area (Å²) in [5.74, 6) is 1.80. The third-order valence-electron chi connectivity index (χ3n) is 6.13. The SMILES string of the molecule is CN(Cc1cc2n(n1)CCN(C[C@@H]1CCCNC1)C2)Cc1nc2ccccc2[nH]1. The molecule has 1 saturated heterocycles. The molecule has 0 aliphatic carbocycles.